The van der Waals surface area contributed by atoms with Crippen LogP contribution in [0, 0.1) is 0 Å². The molecule has 0 aromatic rings. The van der Waals surface area contributed by atoms with Gasteiger partial charge in [0, 0.05) is 46.0 Å². The van der Waals surface area contributed by atoms with E-state index in [0.29, 0.717) is 0 Å². The lowest BCUT2D eigenvalue weighted by Gasteiger charge is -2.08. The Labute approximate surface area is 280 Å². The maximum Gasteiger partial charge on any atom is 0.0717 e. The van der Waals surface area contributed by atoms with Gasteiger partial charge in [0.2, 0.25) is 0 Å². The Balaban J connectivity index is 1.30. The van der Waals surface area contributed by atoms with E-state index in [9.17, 15) is 0 Å². The molecule has 0 saturated heterocycles. The molecule has 12 bridgehead atoms. The number of hydrogen-bond acceptors (Lipinski definition) is 16. The fourth-order valence-electron chi connectivity index (χ4n) is 3.21. The maximum absolute atomic E-state index is 2.10. The van der Waals surface area contributed by atoms with Gasteiger partial charge in [0.1, 0.15) is 0 Å². The molecule has 0 saturated carbocycles. The molecule has 16 heteroatoms. The summed E-state index contributed by atoms with van der Waals surface area (Å²) in [5.41, 5.74) is 0. The van der Waals surface area contributed by atoms with Crippen molar-refractivity contribution in [1.82, 2.24) is 0 Å². The summed E-state index contributed by atoms with van der Waals surface area (Å²) in [6.07, 6.45) is 0. The maximum atomic E-state index is 2.10. The molecular formula is C20H16S16. The Bertz CT molecular complexity index is 898. The Hall–Kier alpha value is 4.04. The molecule has 0 spiro atoms. The van der Waals surface area contributed by atoms with Gasteiger partial charge in [-0.25, -0.2) is 0 Å². The predicted octanol–water partition coefficient (Wildman–Crippen LogP) is 12.6. The summed E-state index contributed by atoms with van der Waals surface area (Å²) in [6, 6.07) is 0. The highest BCUT2D eigenvalue weighted by atomic mass is 32.3. The molecule has 0 nitrogen and oxygen atoms in total. The third-order valence-electron chi connectivity index (χ3n) is 4.68. The van der Waals surface area contributed by atoms with Crippen LogP contribution in [0.2, 0.25) is 0 Å². The zero-order valence-electron chi connectivity index (χ0n) is 18.2. The number of fused-ring (bicyclic) bond motifs is 12. The second-order valence-electron chi connectivity index (χ2n) is 7.05. The minimum atomic E-state index is 1.18. The van der Waals surface area contributed by atoms with Crippen molar-refractivity contribution in [3.8, 4) is 0 Å². The third kappa shape index (κ3) is 6.73. The van der Waals surface area contributed by atoms with Crippen LogP contribution in [-0.4, -0.2) is 46.0 Å². The highest BCUT2D eigenvalue weighted by Gasteiger charge is 2.34. The van der Waals surface area contributed by atoms with Gasteiger partial charge in [-0.05, 0) is 0 Å². The average Bonchev–Trinajstić information content (AvgIpc) is 3.64. The van der Waals surface area contributed by atoms with Crippen LogP contribution >= 0.6 is 188 Å². The van der Waals surface area contributed by atoms with E-state index in [4.69, 9.17) is 0 Å². The second-order valence-corrected chi connectivity index (χ2v) is 27.2. The number of rotatable bonds is 0. The SMILES string of the molecule is C1CSC2=C3SCCSC4=C5SCCSC6=C(SCCSC7=C(S1)SC(=C(S4)S5)S7)SC(=C(S2)S3)S6. The standard InChI is InChI=1S/C20H16S16/c1-2-22-11-12-24-5-6-26-13-14-27-7-8-28-16-15(35-20(36-16)19(31-11)32-12)25-4-3-23-10-9(21-1)29-17(30-10)18(33-13)34-14/h1-8H2. The fourth-order valence-corrected chi connectivity index (χ4v) is 27.6. The average molecular weight is 769 g/mol. The molecule has 36 heavy (non-hydrogen) atoms. The second kappa shape index (κ2) is 13.8. The molecule has 8 rings (SSSR count). The van der Waals surface area contributed by atoms with Crippen LogP contribution in [-0.2, 0) is 0 Å². The molecule has 0 atom stereocenters. The van der Waals surface area contributed by atoms with Crippen molar-refractivity contribution in [2.24, 2.45) is 0 Å². The van der Waals surface area contributed by atoms with E-state index >= 15 is 0 Å². The van der Waals surface area contributed by atoms with E-state index in [1.54, 1.807) is 33.9 Å². The van der Waals surface area contributed by atoms with Crippen molar-refractivity contribution in [1.29, 1.82) is 0 Å². The lowest BCUT2D eigenvalue weighted by molar-refractivity contribution is 1.56. The Morgan fingerprint density at radius 1 is 0.194 bits per heavy atom. The van der Waals surface area contributed by atoms with Crippen molar-refractivity contribution in [2.45, 2.75) is 0 Å². The first-order valence-electron chi connectivity index (χ1n) is 10.7. The number of thioether (sulfide) groups is 16. The van der Waals surface area contributed by atoms with Crippen molar-refractivity contribution >= 4 is 188 Å². The van der Waals surface area contributed by atoms with Crippen molar-refractivity contribution in [3.63, 3.8) is 0 Å². The van der Waals surface area contributed by atoms with Crippen LogP contribution in [0.4, 0.5) is 0 Å². The molecule has 8 aliphatic rings. The predicted molar refractivity (Wildman–Crippen MR) is 203 cm³/mol. The molecular weight excluding hydrogens is 753 g/mol. The molecule has 0 unspecified atom stereocenters. The summed E-state index contributed by atoms with van der Waals surface area (Å²) < 4.78 is 18.6. The van der Waals surface area contributed by atoms with Gasteiger partial charge in [0.15, 0.2) is 0 Å². The van der Waals surface area contributed by atoms with E-state index in [2.05, 4.69) is 188 Å². The van der Waals surface area contributed by atoms with Crippen LogP contribution in [0.25, 0.3) is 0 Å². The Morgan fingerprint density at radius 3 is 0.472 bits per heavy atom. The summed E-state index contributed by atoms with van der Waals surface area (Å²) in [6.45, 7) is 0. The van der Waals surface area contributed by atoms with E-state index in [0.717, 1.165) is 0 Å². The monoisotopic (exact) mass is 768 g/mol. The van der Waals surface area contributed by atoms with Gasteiger partial charge >= 0.3 is 0 Å². The van der Waals surface area contributed by atoms with Crippen LogP contribution in [0.3, 0.4) is 0 Å². The first-order chi connectivity index (χ1) is 17.8. The lowest BCUT2D eigenvalue weighted by atomic mass is 11.0. The van der Waals surface area contributed by atoms with Crippen LogP contribution < -0.4 is 0 Å². The fraction of sp³-hybridized carbons (Fsp3) is 0.400. The minimum Gasteiger partial charge on any atom is -0.116 e. The van der Waals surface area contributed by atoms with E-state index in [-0.39, 0.29) is 0 Å². The molecule has 0 amide bonds. The van der Waals surface area contributed by atoms with E-state index < -0.39 is 0 Å². The third-order valence-corrected chi connectivity index (χ3v) is 28.9. The molecule has 8 heterocycles. The molecule has 0 N–H and O–H groups in total. The molecule has 0 fully saturated rings. The van der Waals surface area contributed by atoms with Gasteiger partial charge in [-0.3, -0.25) is 0 Å². The van der Waals surface area contributed by atoms with Crippen LogP contribution in [0.5, 0.6) is 0 Å². The van der Waals surface area contributed by atoms with Gasteiger partial charge in [-0.2, -0.15) is 0 Å². The topological polar surface area (TPSA) is 0 Å². The quantitative estimate of drug-likeness (QED) is 0.229. The summed E-state index contributed by atoms with van der Waals surface area (Å²) in [7, 11) is 0. The highest BCUT2D eigenvalue weighted by Crippen LogP contribution is 2.69. The van der Waals surface area contributed by atoms with Crippen molar-refractivity contribution < 1.29 is 0 Å². The largest absolute Gasteiger partial charge is 0.116 e. The van der Waals surface area contributed by atoms with Crippen molar-refractivity contribution in [3.05, 3.63) is 50.8 Å². The van der Waals surface area contributed by atoms with Crippen LogP contribution in [0.15, 0.2) is 50.8 Å². The summed E-state index contributed by atoms with van der Waals surface area (Å²) in [5, 5.41) is 0. The Kier molecular flexibility index (Phi) is 11.0. The van der Waals surface area contributed by atoms with Gasteiger partial charge in [0.25, 0.3) is 0 Å². The van der Waals surface area contributed by atoms with Crippen LogP contribution in [0.1, 0.15) is 0 Å². The zero-order valence-corrected chi connectivity index (χ0v) is 31.3. The summed E-state index contributed by atoms with van der Waals surface area (Å²) >= 11 is 33.3. The molecule has 0 aromatic carbocycles. The molecule has 0 aliphatic carbocycles. The lowest BCUT2D eigenvalue weighted by Crippen LogP contribution is -1.88. The number of hydrogen-bond donors (Lipinski definition) is 0. The summed E-state index contributed by atoms with van der Waals surface area (Å²) in [5.74, 6) is 9.48. The first kappa shape index (κ1) is 28.8. The Morgan fingerprint density at radius 2 is 0.333 bits per heavy atom. The van der Waals surface area contributed by atoms with Gasteiger partial charge < -0.3 is 0 Å². The smallest absolute Gasteiger partial charge is 0.0717 e. The normalized spacial score (nSPS) is 28.0. The van der Waals surface area contributed by atoms with Gasteiger partial charge in [-0.1, -0.05) is 94.1 Å². The molecule has 0 aromatic heterocycles. The zero-order chi connectivity index (χ0) is 23.9. The molecule has 0 radical (unpaired) electrons. The van der Waals surface area contributed by atoms with E-state index in [1.165, 1.54) is 63.0 Å². The van der Waals surface area contributed by atoms with E-state index in [1.807, 2.05) is 0 Å². The van der Waals surface area contributed by atoms with Crippen molar-refractivity contribution in [2.75, 3.05) is 46.0 Å². The minimum absolute atomic E-state index is 1.18. The van der Waals surface area contributed by atoms with Gasteiger partial charge in [0.05, 0.1) is 50.8 Å². The first-order valence-corrected chi connectivity index (χ1v) is 25.1. The van der Waals surface area contributed by atoms with Gasteiger partial charge in [-0.15, -0.1) is 94.1 Å². The summed E-state index contributed by atoms with van der Waals surface area (Å²) in [4.78, 5) is 0. The molecule has 192 valence electrons. The highest BCUT2D eigenvalue weighted by molar-refractivity contribution is 8.47. The molecule has 8 aliphatic heterocycles.